The lowest BCUT2D eigenvalue weighted by Gasteiger charge is -2.27. The highest BCUT2D eigenvalue weighted by Gasteiger charge is 2.36. The van der Waals surface area contributed by atoms with Crippen molar-refractivity contribution in [2.45, 2.75) is 19.9 Å². The van der Waals surface area contributed by atoms with Crippen LogP contribution in [0.2, 0.25) is 0 Å². The third-order valence-corrected chi connectivity index (χ3v) is 8.18. The molecule has 6 rings (SSSR count). The molecule has 0 fully saturated rings. The molecular formula is C32H26N3O7S+. The number of hydrogen-bond donors (Lipinski definition) is 1. The van der Waals surface area contributed by atoms with Crippen molar-refractivity contribution in [2.24, 2.45) is 4.99 Å². The highest BCUT2D eigenvalue weighted by molar-refractivity contribution is 7.07. The fourth-order valence-corrected chi connectivity index (χ4v) is 6.32. The largest absolute Gasteiger partial charge is 0.496 e. The number of methoxy groups -OCH3 is 1. The zero-order valence-electron chi connectivity index (χ0n) is 23.4. The molecule has 0 amide bonds. The first-order chi connectivity index (χ1) is 20.8. The van der Waals surface area contributed by atoms with Gasteiger partial charge in [-0.1, -0.05) is 53.8 Å². The number of fused-ring (bicyclic) bond motifs is 2. The molecule has 0 spiro atoms. The number of furan rings is 1. The van der Waals surface area contributed by atoms with Crippen LogP contribution in [0.4, 0.5) is 5.69 Å². The number of ether oxygens (including phenoxy) is 2. The van der Waals surface area contributed by atoms with Crippen molar-refractivity contribution in [3.8, 4) is 17.1 Å². The molecule has 0 bridgehead atoms. The lowest BCUT2D eigenvalue weighted by Crippen LogP contribution is -2.40. The van der Waals surface area contributed by atoms with Gasteiger partial charge in [-0.05, 0) is 42.8 Å². The molecule has 10 nitrogen and oxygen atoms in total. The summed E-state index contributed by atoms with van der Waals surface area (Å²) in [5.41, 5.74) is 1.63. The van der Waals surface area contributed by atoms with Crippen LogP contribution in [0.1, 0.15) is 31.2 Å². The summed E-state index contributed by atoms with van der Waals surface area (Å²) in [5.74, 6) is 0.804. The van der Waals surface area contributed by atoms with Crippen LogP contribution in [0.3, 0.4) is 0 Å². The van der Waals surface area contributed by atoms with Crippen LogP contribution in [0.25, 0.3) is 28.2 Å². The monoisotopic (exact) mass is 596 g/mol. The van der Waals surface area contributed by atoms with E-state index in [9.17, 15) is 19.7 Å². The van der Waals surface area contributed by atoms with E-state index in [1.165, 1.54) is 28.0 Å². The Bertz CT molecular complexity index is 2140. The fourth-order valence-electron chi connectivity index (χ4n) is 5.29. The summed E-state index contributed by atoms with van der Waals surface area (Å²) in [5, 5.41) is 11.0. The molecule has 1 aliphatic heterocycles. The second-order valence-electron chi connectivity index (χ2n) is 9.73. The quantitative estimate of drug-likeness (QED) is 0.207. The van der Waals surface area contributed by atoms with Crippen LogP contribution in [0.15, 0.2) is 98.3 Å². The summed E-state index contributed by atoms with van der Waals surface area (Å²) in [7, 11) is 1.55. The van der Waals surface area contributed by atoms with E-state index in [0.29, 0.717) is 43.4 Å². The zero-order valence-corrected chi connectivity index (χ0v) is 24.3. The standard InChI is InChI=1S/C32H26N3O7S/c1-4-41-31(37)27-18(2)33-32-34(29(27)28-23-11-6-5-8-19(23)12-14-25(28)40-3)30(36)26(43-32)17-22-13-15-24(42-22)20-9-7-10-21(16-20)35(38)39/h5-17,29H,4H2,1-3H3,(H,38,39)/q+1/b26-17-. The summed E-state index contributed by atoms with van der Waals surface area (Å²) in [6.45, 7) is 3.62. The Hall–Kier alpha value is -5.29. The van der Waals surface area contributed by atoms with Gasteiger partial charge in [-0.3, -0.25) is 9.36 Å². The minimum Gasteiger partial charge on any atom is -0.496 e. The average Bonchev–Trinajstić information content (AvgIpc) is 3.60. The second kappa shape index (κ2) is 11.2. The van der Waals surface area contributed by atoms with Crippen molar-refractivity contribution in [3.05, 3.63) is 120 Å². The van der Waals surface area contributed by atoms with E-state index in [4.69, 9.17) is 13.9 Å². The molecule has 5 aromatic rings. The van der Waals surface area contributed by atoms with Gasteiger partial charge in [0.05, 0.1) is 34.4 Å². The van der Waals surface area contributed by atoms with Crippen LogP contribution < -0.4 is 19.6 Å². The maximum atomic E-state index is 14.1. The lowest BCUT2D eigenvalue weighted by molar-refractivity contribution is -0.729. The van der Waals surface area contributed by atoms with Gasteiger partial charge in [0.15, 0.2) is 4.80 Å². The number of benzene rings is 3. The Morgan fingerprint density at radius 1 is 1.14 bits per heavy atom. The van der Waals surface area contributed by atoms with E-state index in [1.807, 2.05) is 36.4 Å². The van der Waals surface area contributed by atoms with Crippen molar-refractivity contribution >= 4 is 39.8 Å². The van der Waals surface area contributed by atoms with Gasteiger partial charge in [0, 0.05) is 29.3 Å². The summed E-state index contributed by atoms with van der Waals surface area (Å²) in [6, 6.07) is 20.3. The number of carbonyl (C=O) groups is 1. The Kier molecular flexibility index (Phi) is 7.24. The van der Waals surface area contributed by atoms with Gasteiger partial charge in [-0.2, -0.15) is 0 Å². The van der Waals surface area contributed by atoms with Gasteiger partial charge in [-0.25, -0.2) is 15.0 Å². The Morgan fingerprint density at radius 3 is 2.72 bits per heavy atom. The number of rotatable bonds is 7. The summed E-state index contributed by atoms with van der Waals surface area (Å²) < 4.78 is 19.1. The number of esters is 1. The van der Waals surface area contributed by atoms with Gasteiger partial charge in [0.1, 0.15) is 23.3 Å². The number of aromatic nitrogens is 1. The number of allylic oxidation sites excluding steroid dienone is 1. The first-order valence-corrected chi connectivity index (χ1v) is 14.2. The molecule has 0 radical (unpaired) electrons. The minimum atomic E-state index is -0.859. The maximum absolute atomic E-state index is 14.1. The molecule has 3 aromatic carbocycles. The third kappa shape index (κ3) is 4.93. The van der Waals surface area contributed by atoms with Gasteiger partial charge in [-0.15, -0.1) is 0 Å². The van der Waals surface area contributed by atoms with Crippen molar-refractivity contribution in [1.82, 2.24) is 4.57 Å². The zero-order chi connectivity index (χ0) is 30.2. The molecule has 1 atom stereocenters. The van der Waals surface area contributed by atoms with Crippen molar-refractivity contribution in [1.29, 1.82) is 0 Å². The maximum Gasteiger partial charge on any atom is 0.338 e. The van der Waals surface area contributed by atoms with Gasteiger partial charge in [0.25, 0.3) is 10.5 Å². The van der Waals surface area contributed by atoms with Gasteiger partial charge < -0.3 is 13.9 Å². The first kappa shape index (κ1) is 27.9. The average molecular weight is 597 g/mol. The molecule has 43 heavy (non-hydrogen) atoms. The van der Waals surface area contributed by atoms with Crippen LogP contribution >= 0.6 is 11.3 Å². The van der Waals surface area contributed by atoms with E-state index in [0.717, 1.165) is 10.8 Å². The second-order valence-corrected chi connectivity index (χ2v) is 10.7. The van der Waals surface area contributed by atoms with Crippen LogP contribution in [0.5, 0.6) is 5.75 Å². The van der Waals surface area contributed by atoms with Gasteiger partial charge in [0.2, 0.25) is 0 Å². The topological polar surface area (TPSA) is 123 Å². The SMILES string of the molecule is CCOC(=O)C1=C(C)N=c2s/c(=C\c3ccc(-c4cccc([N+](=O)O)c4)o3)c(=O)n2C1c1c(OC)ccc2ccccc12. The highest BCUT2D eigenvalue weighted by atomic mass is 32.1. The molecule has 11 heteroatoms. The molecule has 3 heterocycles. The third-order valence-electron chi connectivity index (χ3n) is 7.19. The number of hydrogen-bond acceptors (Lipinski definition) is 8. The van der Waals surface area contributed by atoms with Crippen molar-refractivity contribution in [2.75, 3.05) is 13.7 Å². The minimum absolute atomic E-state index is 0.0559. The van der Waals surface area contributed by atoms with Crippen molar-refractivity contribution in [3.63, 3.8) is 0 Å². The van der Waals surface area contributed by atoms with E-state index in [-0.39, 0.29) is 28.3 Å². The number of nitrogens with zero attached hydrogens (tertiary/aromatic N) is 3. The summed E-state index contributed by atoms with van der Waals surface area (Å²) in [6.07, 6.45) is 1.61. The van der Waals surface area contributed by atoms with Crippen LogP contribution in [0, 0.1) is 4.91 Å². The molecule has 216 valence electrons. The summed E-state index contributed by atoms with van der Waals surface area (Å²) >= 11 is 1.18. The predicted molar refractivity (Wildman–Crippen MR) is 160 cm³/mol. The highest BCUT2D eigenvalue weighted by Crippen LogP contribution is 2.40. The Balaban J connectivity index is 1.54. The van der Waals surface area contributed by atoms with Crippen LogP contribution in [-0.2, 0) is 9.53 Å². The lowest BCUT2D eigenvalue weighted by atomic mass is 9.90. The normalized spacial score (nSPS) is 14.9. The fraction of sp³-hybridized carbons (Fsp3) is 0.156. The Morgan fingerprint density at radius 2 is 1.95 bits per heavy atom. The smallest absolute Gasteiger partial charge is 0.338 e. The molecule has 2 aromatic heterocycles. The predicted octanol–water partition coefficient (Wildman–Crippen LogP) is 5.02. The van der Waals surface area contributed by atoms with E-state index in [1.54, 1.807) is 51.3 Å². The van der Waals surface area contributed by atoms with E-state index in [2.05, 4.69) is 4.99 Å². The summed E-state index contributed by atoms with van der Waals surface area (Å²) in [4.78, 5) is 43.7. The number of carbonyl (C=O) groups excluding carboxylic acids is 1. The molecule has 1 aliphatic rings. The van der Waals surface area contributed by atoms with E-state index < -0.39 is 12.0 Å². The molecule has 1 N–H and O–H groups in total. The van der Waals surface area contributed by atoms with Gasteiger partial charge >= 0.3 is 11.7 Å². The molecule has 0 saturated heterocycles. The first-order valence-electron chi connectivity index (χ1n) is 13.4. The van der Waals surface area contributed by atoms with Crippen molar-refractivity contribution < 1.29 is 28.8 Å². The van der Waals surface area contributed by atoms with Crippen LogP contribution in [-0.4, -0.2) is 34.4 Å². The Labute approximate surface area is 248 Å². The molecular weight excluding hydrogens is 570 g/mol. The molecule has 0 aliphatic carbocycles. The molecule has 1 unspecified atom stereocenters. The number of thiazole rings is 1. The van der Waals surface area contributed by atoms with E-state index >= 15 is 0 Å². The molecule has 0 saturated carbocycles.